The second-order valence-corrected chi connectivity index (χ2v) is 8.01. The van der Waals surface area contributed by atoms with Gasteiger partial charge in [0, 0.05) is 42.3 Å². The Bertz CT molecular complexity index is 1070. The molecule has 1 aromatic heterocycles. The van der Waals surface area contributed by atoms with Crippen LogP contribution in [0.5, 0.6) is 0 Å². The Morgan fingerprint density at radius 2 is 2.26 bits per heavy atom. The molecule has 1 aliphatic heterocycles. The summed E-state index contributed by atoms with van der Waals surface area (Å²) in [4.78, 5) is 25.9. The second kappa shape index (κ2) is 9.73. The Kier molecular flexibility index (Phi) is 7.05. The van der Waals surface area contributed by atoms with Crippen LogP contribution in [0.15, 0.2) is 35.5 Å². The van der Waals surface area contributed by atoms with Crippen molar-refractivity contribution in [3.05, 3.63) is 62.5 Å². The van der Waals surface area contributed by atoms with Gasteiger partial charge in [-0.15, -0.1) is 6.42 Å². The minimum absolute atomic E-state index is 0.0306. The standard InChI is InChI=1S/C22H24N4O4S/c1-5-11-25(4)12-10-17-20-19(15-8-7-9-16(13-15)26(28)29)18(22(27)30-6-2)14(3)23-21(20)31-24-17/h1,7-9,13,19,23H,6,10-12H2,2-4H3. The van der Waals surface area contributed by atoms with Crippen LogP contribution in [0.1, 0.15) is 36.6 Å². The molecule has 162 valence electrons. The van der Waals surface area contributed by atoms with Crippen LogP contribution in [0, 0.1) is 22.5 Å². The normalized spacial score (nSPS) is 15.3. The number of anilines is 1. The Morgan fingerprint density at radius 1 is 1.48 bits per heavy atom. The zero-order valence-corrected chi connectivity index (χ0v) is 18.5. The lowest BCUT2D eigenvalue weighted by Crippen LogP contribution is -2.26. The first-order valence-electron chi connectivity index (χ1n) is 9.87. The number of aromatic nitrogens is 1. The van der Waals surface area contributed by atoms with Crippen LogP contribution in [-0.4, -0.2) is 46.9 Å². The summed E-state index contributed by atoms with van der Waals surface area (Å²) in [5, 5.41) is 15.5. The molecular formula is C22H24N4O4S. The molecule has 0 saturated heterocycles. The van der Waals surface area contributed by atoms with Crippen molar-refractivity contribution in [3.63, 3.8) is 0 Å². The highest BCUT2D eigenvalue weighted by Crippen LogP contribution is 2.46. The van der Waals surface area contributed by atoms with Gasteiger partial charge in [-0.25, -0.2) is 4.79 Å². The third kappa shape index (κ3) is 4.76. The van der Waals surface area contributed by atoms with E-state index in [1.165, 1.54) is 23.7 Å². The highest BCUT2D eigenvalue weighted by atomic mass is 32.1. The molecule has 31 heavy (non-hydrogen) atoms. The number of hydrogen-bond acceptors (Lipinski definition) is 8. The van der Waals surface area contributed by atoms with E-state index in [4.69, 9.17) is 11.2 Å². The molecule has 1 aliphatic rings. The third-order valence-electron chi connectivity index (χ3n) is 5.09. The number of carbonyl (C=O) groups is 1. The predicted octanol–water partition coefficient (Wildman–Crippen LogP) is 3.55. The Morgan fingerprint density at radius 3 is 2.94 bits per heavy atom. The van der Waals surface area contributed by atoms with Gasteiger partial charge in [-0.05, 0) is 38.0 Å². The molecule has 1 unspecified atom stereocenters. The van der Waals surface area contributed by atoms with Crippen LogP contribution in [-0.2, 0) is 16.0 Å². The summed E-state index contributed by atoms with van der Waals surface area (Å²) >= 11 is 1.32. The van der Waals surface area contributed by atoms with Crippen molar-refractivity contribution in [2.24, 2.45) is 0 Å². The average molecular weight is 441 g/mol. The molecule has 0 fully saturated rings. The van der Waals surface area contributed by atoms with Crippen LogP contribution in [0.2, 0.25) is 0 Å². The number of nitrogens with zero attached hydrogens (tertiary/aromatic N) is 3. The molecule has 0 bridgehead atoms. The van der Waals surface area contributed by atoms with Gasteiger partial charge in [0.1, 0.15) is 5.00 Å². The zero-order chi connectivity index (χ0) is 22.5. The maximum absolute atomic E-state index is 12.9. The fourth-order valence-corrected chi connectivity index (χ4v) is 4.58. The number of benzene rings is 1. The SMILES string of the molecule is C#CCN(C)CCc1nsc2c1C(c1cccc([N+](=O)[O-])c1)C(C(=O)OCC)=C(C)N2. The molecule has 0 radical (unpaired) electrons. The molecule has 0 spiro atoms. The molecule has 1 atom stereocenters. The smallest absolute Gasteiger partial charge is 0.336 e. The molecule has 2 heterocycles. The largest absolute Gasteiger partial charge is 0.463 e. The second-order valence-electron chi connectivity index (χ2n) is 7.23. The van der Waals surface area contributed by atoms with Crippen molar-refractivity contribution in [1.82, 2.24) is 9.27 Å². The van der Waals surface area contributed by atoms with Gasteiger partial charge in [-0.3, -0.25) is 15.0 Å². The molecule has 3 rings (SSSR count). The maximum Gasteiger partial charge on any atom is 0.336 e. The van der Waals surface area contributed by atoms with E-state index >= 15 is 0 Å². The molecule has 1 aromatic carbocycles. The number of terminal acetylenes is 1. The highest BCUT2D eigenvalue weighted by molar-refractivity contribution is 7.10. The molecule has 2 aromatic rings. The van der Waals surface area contributed by atoms with Gasteiger partial charge in [0.25, 0.3) is 5.69 Å². The van der Waals surface area contributed by atoms with Gasteiger partial charge in [0.2, 0.25) is 0 Å². The van der Waals surface area contributed by atoms with Gasteiger partial charge >= 0.3 is 5.97 Å². The lowest BCUT2D eigenvalue weighted by atomic mass is 9.81. The number of rotatable bonds is 8. The molecule has 9 heteroatoms. The van der Waals surface area contributed by atoms with Crippen molar-refractivity contribution in [2.45, 2.75) is 26.2 Å². The third-order valence-corrected chi connectivity index (χ3v) is 5.90. The number of nitro benzene ring substituents is 1. The van der Waals surface area contributed by atoms with Crippen molar-refractivity contribution >= 4 is 28.2 Å². The van der Waals surface area contributed by atoms with Gasteiger partial charge in [0.15, 0.2) is 0 Å². The number of nitrogens with one attached hydrogen (secondary N) is 1. The lowest BCUT2D eigenvalue weighted by molar-refractivity contribution is -0.384. The van der Waals surface area contributed by atoms with Crippen LogP contribution in [0.3, 0.4) is 0 Å². The number of carbonyl (C=O) groups excluding carboxylic acids is 1. The fourth-order valence-electron chi connectivity index (χ4n) is 3.66. The highest BCUT2D eigenvalue weighted by Gasteiger charge is 2.37. The number of ether oxygens (including phenoxy) is 1. The van der Waals surface area contributed by atoms with E-state index in [0.29, 0.717) is 36.3 Å². The van der Waals surface area contributed by atoms with E-state index in [9.17, 15) is 14.9 Å². The van der Waals surface area contributed by atoms with E-state index in [1.807, 2.05) is 11.9 Å². The van der Waals surface area contributed by atoms with Crippen molar-refractivity contribution in [2.75, 3.05) is 32.1 Å². The predicted molar refractivity (Wildman–Crippen MR) is 120 cm³/mol. The number of non-ortho nitro benzene ring substituents is 1. The molecule has 1 N–H and O–H groups in total. The summed E-state index contributed by atoms with van der Waals surface area (Å²) in [5.41, 5.74) is 3.40. The van der Waals surface area contributed by atoms with Gasteiger partial charge in [-0.2, -0.15) is 4.37 Å². The van der Waals surface area contributed by atoms with Crippen molar-refractivity contribution < 1.29 is 14.5 Å². The van der Waals surface area contributed by atoms with E-state index in [0.717, 1.165) is 16.3 Å². The Labute approximate surface area is 185 Å². The minimum atomic E-state index is -0.512. The van der Waals surface area contributed by atoms with E-state index < -0.39 is 16.8 Å². The van der Waals surface area contributed by atoms with Crippen molar-refractivity contribution in [1.29, 1.82) is 0 Å². The van der Waals surface area contributed by atoms with Crippen LogP contribution in [0.4, 0.5) is 10.7 Å². The number of hydrogen-bond donors (Lipinski definition) is 1. The molecule has 0 saturated carbocycles. The van der Waals surface area contributed by atoms with Crippen LogP contribution >= 0.6 is 11.5 Å². The average Bonchev–Trinajstić information content (AvgIpc) is 3.14. The molecule has 0 amide bonds. The summed E-state index contributed by atoms with van der Waals surface area (Å²) in [6, 6.07) is 6.38. The van der Waals surface area contributed by atoms with Crippen LogP contribution in [0.25, 0.3) is 0 Å². The fraction of sp³-hybridized carbons (Fsp3) is 0.364. The van der Waals surface area contributed by atoms with Crippen molar-refractivity contribution in [3.8, 4) is 12.3 Å². The molecular weight excluding hydrogens is 416 g/mol. The van der Waals surface area contributed by atoms with E-state index in [2.05, 4.69) is 15.6 Å². The summed E-state index contributed by atoms with van der Waals surface area (Å²) < 4.78 is 9.95. The van der Waals surface area contributed by atoms with E-state index in [-0.39, 0.29) is 12.3 Å². The summed E-state index contributed by atoms with van der Waals surface area (Å²) in [5.74, 6) is 1.66. The number of fused-ring (bicyclic) bond motifs is 1. The summed E-state index contributed by atoms with van der Waals surface area (Å²) in [7, 11) is 1.93. The maximum atomic E-state index is 12.9. The number of esters is 1. The first-order chi connectivity index (χ1) is 14.9. The first kappa shape index (κ1) is 22.5. The minimum Gasteiger partial charge on any atom is -0.463 e. The Balaban J connectivity index is 2.11. The van der Waals surface area contributed by atoms with Crippen LogP contribution < -0.4 is 5.32 Å². The summed E-state index contributed by atoms with van der Waals surface area (Å²) in [6.45, 7) is 5.00. The lowest BCUT2D eigenvalue weighted by Gasteiger charge is -2.28. The molecule has 8 nitrogen and oxygen atoms in total. The topological polar surface area (TPSA) is 97.6 Å². The zero-order valence-electron chi connectivity index (χ0n) is 17.7. The monoisotopic (exact) mass is 440 g/mol. The van der Waals surface area contributed by atoms with Gasteiger partial charge in [-0.1, -0.05) is 18.1 Å². The summed E-state index contributed by atoms with van der Waals surface area (Å²) in [6.07, 6.45) is 6.02. The number of likely N-dealkylation sites (N-methyl/N-ethyl adjacent to an activating group) is 1. The first-order valence-corrected chi connectivity index (χ1v) is 10.6. The Hall–Kier alpha value is -3.22. The number of nitro groups is 1. The number of allylic oxidation sites excluding steroid dienone is 1. The van der Waals surface area contributed by atoms with Gasteiger partial charge in [0.05, 0.1) is 29.3 Å². The molecule has 0 aliphatic carbocycles. The quantitative estimate of drug-likeness (QED) is 0.290. The van der Waals surface area contributed by atoms with E-state index in [1.54, 1.807) is 26.0 Å². The van der Waals surface area contributed by atoms with Gasteiger partial charge < -0.3 is 10.1 Å².